The molecule has 0 bridgehead atoms. The van der Waals surface area contributed by atoms with Gasteiger partial charge in [-0.05, 0) is 55.3 Å². The highest BCUT2D eigenvalue weighted by Gasteiger charge is 2.28. The first-order valence-corrected chi connectivity index (χ1v) is 8.82. The summed E-state index contributed by atoms with van der Waals surface area (Å²) in [5.74, 6) is 0. The maximum atomic E-state index is 9.04. The van der Waals surface area contributed by atoms with Gasteiger partial charge in [-0.15, -0.1) is 0 Å². The smallest absolute Gasteiger partial charge is 0.0991 e. The summed E-state index contributed by atoms with van der Waals surface area (Å²) in [4.78, 5) is 4.39. The maximum absolute atomic E-state index is 9.04. The molecule has 1 heterocycles. The molecule has 0 aliphatic carbocycles. The Hall–Kier alpha value is -2.45. The number of fused-ring (bicyclic) bond motifs is 1. The van der Waals surface area contributed by atoms with Gasteiger partial charge in [0, 0.05) is 34.7 Å². The van der Waals surface area contributed by atoms with Crippen LogP contribution in [0.25, 0.3) is 10.9 Å². The lowest BCUT2D eigenvalue weighted by Gasteiger charge is -2.34. The minimum absolute atomic E-state index is 0.242. The van der Waals surface area contributed by atoms with Crippen molar-refractivity contribution in [1.29, 1.82) is 5.26 Å². The van der Waals surface area contributed by atoms with Crippen LogP contribution in [-0.4, -0.2) is 10.5 Å². The van der Waals surface area contributed by atoms with Crippen molar-refractivity contribution in [3.63, 3.8) is 0 Å². The van der Waals surface area contributed by atoms with Crippen LogP contribution in [0.15, 0.2) is 54.7 Å². The number of nitrogens with zero attached hydrogens (tertiary/aromatic N) is 2. The van der Waals surface area contributed by atoms with Crippen LogP contribution >= 0.6 is 11.6 Å². The van der Waals surface area contributed by atoms with Gasteiger partial charge in [0.05, 0.1) is 17.1 Å². The van der Waals surface area contributed by atoms with E-state index < -0.39 is 0 Å². The van der Waals surface area contributed by atoms with Gasteiger partial charge in [0.15, 0.2) is 0 Å². The van der Waals surface area contributed by atoms with Crippen LogP contribution in [0.3, 0.4) is 0 Å². The number of aromatic nitrogens is 1. The fourth-order valence-electron chi connectivity index (χ4n) is 2.99. The second kappa shape index (κ2) is 7.43. The van der Waals surface area contributed by atoms with E-state index in [-0.39, 0.29) is 11.6 Å². The first kappa shape index (κ1) is 18.3. The number of hydrogen-bond acceptors (Lipinski definition) is 4. The van der Waals surface area contributed by atoms with Crippen molar-refractivity contribution in [2.75, 3.05) is 0 Å². The molecule has 2 aromatic carbocycles. The van der Waals surface area contributed by atoms with Gasteiger partial charge in [-0.2, -0.15) is 5.26 Å². The van der Waals surface area contributed by atoms with Crippen LogP contribution in [0, 0.1) is 11.3 Å². The molecule has 0 radical (unpaired) electrons. The molecule has 5 heteroatoms. The van der Waals surface area contributed by atoms with E-state index in [1.54, 1.807) is 12.3 Å². The standard InChI is InChI=1S/C21H21ClN4/c1-21(2,26-13-15-5-3-4-14(10-15)12-23)20(24)18-8-9-25-19-11-16(22)6-7-17(18)19/h3-11,20,26H,13,24H2,1-2H3. The highest BCUT2D eigenvalue weighted by Crippen LogP contribution is 2.30. The van der Waals surface area contributed by atoms with Crippen LogP contribution in [-0.2, 0) is 6.54 Å². The number of rotatable bonds is 5. The highest BCUT2D eigenvalue weighted by molar-refractivity contribution is 6.31. The number of hydrogen-bond donors (Lipinski definition) is 2. The topological polar surface area (TPSA) is 74.7 Å². The molecule has 132 valence electrons. The zero-order valence-electron chi connectivity index (χ0n) is 14.8. The van der Waals surface area contributed by atoms with Crippen LogP contribution in [0.4, 0.5) is 0 Å². The zero-order chi connectivity index (χ0) is 18.7. The molecular formula is C21H21ClN4. The van der Waals surface area contributed by atoms with E-state index in [4.69, 9.17) is 22.6 Å². The minimum atomic E-state index is -0.365. The fraction of sp³-hybridized carbons (Fsp3) is 0.238. The number of nitriles is 1. The van der Waals surface area contributed by atoms with E-state index in [9.17, 15) is 0 Å². The Labute approximate surface area is 158 Å². The molecule has 1 aromatic heterocycles. The summed E-state index contributed by atoms with van der Waals surface area (Å²) < 4.78 is 0. The fourth-order valence-corrected chi connectivity index (χ4v) is 3.16. The summed E-state index contributed by atoms with van der Waals surface area (Å²) in [6.45, 7) is 4.78. The average Bonchev–Trinajstić information content (AvgIpc) is 2.65. The van der Waals surface area contributed by atoms with Crippen LogP contribution in [0.1, 0.15) is 36.6 Å². The van der Waals surface area contributed by atoms with Gasteiger partial charge in [0.2, 0.25) is 0 Å². The molecule has 0 aliphatic heterocycles. The van der Waals surface area contributed by atoms with E-state index in [2.05, 4.69) is 30.2 Å². The quantitative estimate of drug-likeness (QED) is 0.706. The summed E-state index contributed by atoms with van der Waals surface area (Å²) in [5.41, 5.74) is 9.82. The van der Waals surface area contributed by atoms with Crippen molar-refractivity contribution in [1.82, 2.24) is 10.3 Å². The Morgan fingerprint density at radius 2 is 2.04 bits per heavy atom. The summed E-state index contributed by atoms with van der Waals surface area (Å²) in [5, 5.41) is 14.2. The zero-order valence-corrected chi connectivity index (χ0v) is 15.6. The molecule has 3 rings (SSSR count). The van der Waals surface area contributed by atoms with Gasteiger partial charge in [0.25, 0.3) is 0 Å². The Morgan fingerprint density at radius 1 is 1.23 bits per heavy atom. The summed E-state index contributed by atoms with van der Waals surface area (Å²) in [6.07, 6.45) is 1.76. The molecule has 0 saturated carbocycles. The lowest BCUT2D eigenvalue weighted by Crippen LogP contribution is -2.48. The number of benzene rings is 2. The second-order valence-electron chi connectivity index (χ2n) is 6.93. The molecule has 0 fully saturated rings. The van der Waals surface area contributed by atoms with Crippen molar-refractivity contribution in [3.05, 3.63) is 76.4 Å². The van der Waals surface area contributed by atoms with Crippen molar-refractivity contribution in [2.24, 2.45) is 5.73 Å². The molecule has 1 atom stereocenters. The molecule has 0 amide bonds. The third-order valence-electron chi connectivity index (χ3n) is 4.66. The molecule has 3 aromatic rings. The summed E-state index contributed by atoms with van der Waals surface area (Å²) >= 11 is 6.08. The Bertz CT molecular complexity index is 975. The predicted molar refractivity (Wildman–Crippen MR) is 106 cm³/mol. The second-order valence-corrected chi connectivity index (χ2v) is 7.36. The lowest BCUT2D eigenvalue weighted by molar-refractivity contribution is 0.322. The molecule has 26 heavy (non-hydrogen) atoms. The Kier molecular flexibility index (Phi) is 5.24. The Balaban J connectivity index is 1.84. The molecule has 4 nitrogen and oxygen atoms in total. The summed E-state index contributed by atoms with van der Waals surface area (Å²) in [7, 11) is 0. The van der Waals surface area contributed by atoms with Gasteiger partial charge >= 0.3 is 0 Å². The van der Waals surface area contributed by atoms with E-state index in [0.29, 0.717) is 17.1 Å². The van der Waals surface area contributed by atoms with E-state index >= 15 is 0 Å². The monoisotopic (exact) mass is 364 g/mol. The number of pyridine rings is 1. The van der Waals surface area contributed by atoms with Crippen LogP contribution in [0.2, 0.25) is 5.02 Å². The lowest BCUT2D eigenvalue weighted by atomic mass is 9.87. The van der Waals surface area contributed by atoms with Gasteiger partial charge in [-0.3, -0.25) is 4.98 Å². The minimum Gasteiger partial charge on any atom is -0.322 e. The SMILES string of the molecule is CC(C)(NCc1cccc(C#N)c1)C(N)c1ccnc2cc(Cl)ccc12. The maximum Gasteiger partial charge on any atom is 0.0991 e. The molecule has 0 saturated heterocycles. The first-order chi connectivity index (χ1) is 12.4. The largest absolute Gasteiger partial charge is 0.322 e. The molecule has 0 spiro atoms. The number of halogens is 1. The molecular weight excluding hydrogens is 344 g/mol. The first-order valence-electron chi connectivity index (χ1n) is 8.44. The van der Waals surface area contributed by atoms with Gasteiger partial charge in [0.1, 0.15) is 0 Å². The van der Waals surface area contributed by atoms with E-state index in [0.717, 1.165) is 22.0 Å². The van der Waals surface area contributed by atoms with Crippen molar-refractivity contribution < 1.29 is 0 Å². The average molecular weight is 365 g/mol. The Morgan fingerprint density at radius 3 is 2.81 bits per heavy atom. The number of nitrogens with one attached hydrogen (secondary N) is 1. The molecule has 3 N–H and O–H groups in total. The normalized spacial score (nSPS) is 12.7. The third-order valence-corrected chi connectivity index (χ3v) is 4.89. The molecule has 0 aliphatic rings. The van der Waals surface area contributed by atoms with Crippen molar-refractivity contribution >= 4 is 22.5 Å². The van der Waals surface area contributed by atoms with Crippen molar-refractivity contribution in [3.8, 4) is 6.07 Å². The van der Waals surface area contributed by atoms with Gasteiger partial charge < -0.3 is 11.1 Å². The predicted octanol–water partition coefficient (Wildman–Crippen LogP) is 4.33. The third kappa shape index (κ3) is 3.86. The van der Waals surface area contributed by atoms with Crippen LogP contribution in [0.5, 0.6) is 0 Å². The van der Waals surface area contributed by atoms with Gasteiger partial charge in [-0.25, -0.2) is 0 Å². The number of nitrogens with two attached hydrogens (primary N) is 1. The highest BCUT2D eigenvalue weighted by atomic mass is 35.5. The molecule has 1 unspecified atom stereocenters. The van der Waals surface area contributed by atoms with E-state index in [1.165, 1.54) is 0 Å². The van der Waals surface area contributed by atoms with Gasteiger partial charge in [-0.1, -0.05) is 29.8 Å². The van der Waals surface area contributed by atoms with Crippen LogP contribution < -0.4 is 11.1 Å². The summed E-state index contributed by atoms with van der Waals surface area (Å²) in [6, 6.07) is 17.1. The van der Waals surface area contributed by atoms with E-state index in [1.807, 2.05) is 42.5 Å². The van der Waals surface area contributed by atoms with Crippen molar-refractivity contribution in [2.45, 2.75) is 32.0 Å².